The topological polar surface area (TPSA) is 69.4 Å². The lowest BCUT2D eigenvalue weighted by Gasteiger charge is -2.04. The molecule has 0 aliphatic heterocycles. The molecule has 0 bridgehead atoms. The highest BCUT2D eigenvalue weighted by Crippen LogP contribution is 2.30. The van der Waals surface area contributed by atoms with Crippen LogP contribution < -0.4 is 0 Å². The van der Waals surface area contributed by atoms with Gasteiger partial charge >= 0.3 is 5.97 Å². The van der Waals surface area contributed by atoms with Crippen LogP contribution in [0.25, 0.3) is 17.2 Å². The van der Waals surface area contributed by atoms with Crippen molar-refractivity contribution in [1.82, 2.24) is 0 Å². The maximum absolute atomic E-state index is 11.1. The van der Waals surface area contributed by atoms with E-state index in [0.717, 1.165) is 5.56 Å². The van der Waals surface area contributed by atoms with E-state index < -0.39 is 10.9 Å². The van der Waals surface area contributed by atoms with Gasteiger partial charge in [-0.2, -0.15) is 0 Å². The fourth-order valence-electron chi connectivity index (χ4n) is 1.92. The first-order valence-electron chi connectivity index (χ1n) is 6.21. The molecule has 0 amide bonds. The molecule has 0 fully saturated rings. The van der Waals surface area contributed by atoms with Crippen LogP contribution in [0.4, 0.5) is 5.69 Å². The molecular formula is C16H13NO4. The Balaban J connectivity index is 2.40. The summed E-state index contributed by atoms with van der Waals surface area (Å²) in [7, 11) is 1.30. The third-order valence-electron chi connectivity index (χ3n) is 2.91. The van der Waals surface area contributed by atoms with Crippen molar-refractivity contribution in [3.8, 4) is 11.1 Å². The van der Waals surface area contributed by atoms with Gasteiger partial charge in [-0.15, -0.1) is 0 Å². The minimum Gasteiger partial charge on any atom is -0.466 e. The van der Waals surface area contributed by atoms with Crippen molar-refractivity contribution >= 4 is 17.7 Å². The van der Waals surface area contributed by atoms with E-state index in [-0.39, 0.29) is 5.69 Å². The molecule has 106 valence electrons. The Bertz CT molecular complexity index is 707. The number of ether oxygens (including phenoxy) is 1. The molecule has 0 radical (unpaired) electrons. The molecule has 0 unspecified atom stereocenters. The summed E-state index contributed by atoms with van der Waals surface area (Å²) < 4.78 is 4.52. The lowest BCUT2D eigenvalue weighted by Crippen LogP contribution is -1.93. The first kappa shape index (κ1) is 14.5. The third kappa shape index (κ3) is 3.54. The number of nitrogens with zero attached hydrogens (tertiary/aromatic N) is 1. The molecule has 2 aromatic rings. The summed E-state index contributed by atoms with van der Waals surface area (Å²) in [6.07, 6.45) is 2.91. The van der Waals surface area contributed by atoms with Gasteiger partial charge in [0.15, 0.2) is 0 Å². The Morgan fingerprint density at radius 1 is 1.19 bits per heavy atom. The van der Waals surface area contributed by atoms with Crippen molar-refractivity contribution in [1.29, 1.82) is 0 Å². The quantitative estimate of drug-likeness (QED) is 0.373. The van der Waals surface area contributed by atoms with E-state index >= 15 is 0 Å². The van der Waals surface area contributed by atoms with E-state index in [2.05, 4.69) is 4.74 Å². The van der Waals surface area contributed by atoms with E-state index in [0.29, 0.717) is 11.1 Å². The van der Waals surface area contributed by atoms with Crippen LogP contribution in [-0.2, 0) is 9.53 Å². The summed E-state index contributed by atoms with van der Waals surface area (Å²) in [6, 6.07) is 13.7. The molecule has 0 heterocycles. The van der Waals surface area contributed by atoms with Crippen LogP contribution in [0, 0.1) is 10.1 Å². The molecule has 2 aromatic carbocycles. The molecule has 2 rings (SSSR count). The fourth-order valence-corrected chi connectivity index (χ4v) is 1.92. The Kier molecular flexibility index (Phi) is 4.46. The lowest BCUT2D eigenvalue weighted by atomic mass is 10.0. The number of esters is 1. The Hall–Kier alpha value is -2.95. The zero-order valence-corrected chi connectivity index (χ0v) is 11.4. The zero-order chi connectivity index (χ0) is 15.2. The predicted molar refractivity (Wildman–Crippen MR) is 79.6 cm³/mol. The number of hydrogen-bond acceptors (Lipinski definition) is 4. The number of nitro groups is 1. The molecular weight excluding hydrogens is 270 g/mol. The van der Waals surface area contributed by atoms with Crippen molar-refractivity contribution in [3.63, 3.8) is 0 Å². The van der Waals surface area contributed by atoms with Crippen LogP contribution in [0.5, 0.6) is 0 Å². The highest BCUT2D eigenvalue weighted by Gasteiger charge is 2.13. The second-order valence-corrected chi connectivity index (χ2v) is 4.26. The van der Waals surface area contributed by atoms with Gasteiger partial charge in [-0.3, -0.25) is 10.1 Å². The lowest BCUT2D eigenvalue weighted by molar-refractivity contribution is -0.384. The standard InChI is InChI=1S/C16H13NO4/c1-21-16(18)10-9-12-5-4-6-13(11-12)14-7-2-3-8-15(14)17(19)20/h2-11H,1H3/b10-9+. The Morgan fingerprint density at radius 3 is 2.67 bits per heavy atom. The van der Waals surface area contributed by atoms with E-state index in [1.165, 1.54) is 19.3 Å². The Labute approximate surface area is 121 Å². The van der Waals surface area contributed by atoms with Crippen molar-refractivity contribution in [2.75, 3.05) is 7.11 Å². The van der Waals surface area contributed by atoms with Gasteiger partial charge in [0.25, 0.3) is 5.69 Å². The van der Waals surface area contributed by atoms with Crippen LogP contribution in [0.15, 0.2) is 54.6 Å². The number of carbonyl (C=O) groups excluding carboxylic acids is 1. The second kappa shape index (κ2) is 6.47. The number of para-hydroxylation sites is 1. The summed E-state index contributed by atoms with van der Waals surface area (Å²) in [6.45, 7) is 0. The van der Waals surface area contributed by atoms with Crippen molar-refractivity contribution in [2.24, 2.45) is 0 Å². The smallest absolute Gasteiger partial charge is 0.330 e. The highest BCUT2D eigenvalue weighted by molar-refractivity contribution is 5.87. The van der Waals surface area contributed by atoms with Crippen LogP contribution in [0.1, 0.15) is 5.56 Å². The van der Waals surface area contributed by atoms with Crippen molar-refractivity contribution in [2.45, 2.75) is 0 Å². The van der Waals surface area contributed by atoms with Crippen molar-refractivity contribution < 1.29 is 14.5 Å². The number of carbonyl (C=O) groups is 1. The minimum absolute atomic E-state index is 0.0478. The molecule has 0 saturated heterocycles. The van der Waals surface area contributed by atoms with Crippen LogP contribution >= 0.6 is 0 Å². The van der Waals surface area contributed by atoms with Gasteiger partial charge in [-0.05, 0) is 29.3 Å². The first-order valence-corrected chi connectivity index (χ1v) is 6.21. The van der Waals surface area contributed by atoms with Gasteiger partial charge in [0.1, 0.15) is 0 Å². The van der Waals surface area contributed by atoms with E-state index in [9.17, 15) is 14.9 Å². The molecule has 0 aromatic heterocycles. The number of hydrogen-bond donors (Lipinski definition) is 0. The highest BCUT2D eigenvalue weighted by atomic mass is 16.6. The number of rotatable bonds is 4. The van der Waals surface area contributed by atoms with Gasteiger partial charge in [-0.1, -0.05) is 30.3 Å². The van der Waals surface area contributed by atoms with Gasteiger partial charge in [0.05, 0.1) is 17.6 Å². The summed E-state index contributed by atoms with van der Waals surface area (Å²) >= 11 is 0. The predicted octanol–water partition coefficient (Wildman–Crippen LogP) is 3.45. The van der Waals surface area contributed by atoms with E-state index in [1.807, 2.05) is 0 Å². The fraction of sp³-hybridized carbons (Fsp3) is 0.0625. The maximum Gasteiger partial charge on any atom is 0.330 e. The Morgan fingerprint density at radius 2 is 1.95 bits per heavy atom. The van der Waals surface area contributed by atoms with E-state index in [1.54, 1.807) is 48.5 Å². The number of nitro benzene ring substituents is 1. The van der Waals surface area contributed by atoms with Crippen molar-refractivity contribution in [3.05, 3.63) is 70.3 Å². The molecule has 0 aliphatic rings. The molecule has 5 nitrogen and oxygen atoms in total. The first-order chi connectivity index (χ1) is 10.1. The monoisotopic (exact) mass is 283 g/mol. The van der Waals surface area contributed by atoms with Crippen LogP contribution in [-0.4, -0.2) is 18.0 Å². The normalized spacial score (nSPS) is 10.5. The summed E-state index contributed by atoms with van der Waals surface area (Å²) in [5.74, 6) is -0.453. The second-order valence-electron chi connectivity index (χ2n) is 4.26. The maximum atomic E-state index is 11.1. The summed E-state index contributed by atoms with van der Waals surface area (Å²) in [5, 5.41) is 11.1. The molecule has 0 N–H and O–H groups in total. The third-order valence-corrected chi connectivity index (χ3v) is 2.91. The SMILES string of the molecule is COC(=O)/C=C/c1cccc(-c2ccccc2[N+](=O)[O-])c1. The summed E-state index contributed by atoms with van der Waals surface area (Å²) in [5.41, 5.74) is 2.06. The average Bonchev–Trinajstić information content (AvgIpc) is 2.52. The minimum atomic E-state index is -0.453. The van der Waals surface area contributed by atoms with Crippen LogP contribution in [0.3, 0.4) is 0 Å². The van der Waals surface area contributed by atoms with Gasteiger partial charge in [0, 0.05) is 12.1 Å². The summed E-state index contributed by atoms with van der Waals surface area (Å²) in [4.78, 5) is 21.7. The van der Waals surface area contributed by atoms with Crippen LogP contribution in [0.2, 0.25) is 0 Å². The zero-order valence-electron chi connectivity index (χ0n) is 11.4. The molecule has 0 aliphatic carbocycles. The van der Waals surface area contributed by atoms with Gasteiger partial charge in [-0.25, -0.2) is 4.79 Å². The van der Waals surface area contributed by atoms with Gasteiger partial charge < -0.3 is 4.74 Å². The molecule has 0 spiro atoms. The average molecular weight is 283 g/mol. The molecule has 21 heavy (non-hydrogen) atoms. The number of methoxy groups -OCH3 is 1. The molecule has 0 atom stereocenters. The number of benzene rings is 2. The van der Waals surface area contributed by atoms with Gasteiger partial charge in [0.2, 0.25) is 0 Å². The largest absolute Gasteiger partial charge is 0.466 e. The molecule has 0 saturated carbocycles. The van der Waals surface area contributed by atoms with E-state index in [4.69, 9.17) is 0 Å². The molecule has 5 heteroatoms.